The van der Waals surface area contributed by atoms with Gasteiger partial charge in [0.05, 0.1) is 0 Å². The van der Waals surface area contributed by atoms with Gasteiger partial charge in [-0.25, -0.2) is 4.79 Å². The van der Waals surface area contributed by atoms with Crippen LogP contribution in [0.25, 0.3) is 0 Å². The predicted molar refractivity (Wildman–Crippen MR) is 62.3 cm³/mol. The smallest absolute Gasteiger partial charge is 0.407 e. The summed E-state index contributed by atoms with van der Waals surface area (Å²) in [6.45, 7) is 8.56. The number of carbonyl (C=O) groups is 1. The first-order chi connectivity index (χ1) is 7.39. The van der Waals surface area contributed by atoms with Crippen molar-refractivity contribution in [1.29, 1.82) is 0 Å². The minimum Gasteiger partial charge on any atom is -0.444 e. The first kappa shape index (κ1) is 11.7. The minimum absolute atomic E-state index is 0.295. The molecule has 0 aromatic heterocycles. The van der Waals surface area contributed by atoms with Gasteiger partial charge in [0.25, 0.3) is 0 Å². The van der Waals surface area contributed by atoms with E-state index in [-0.39, 0.29) is 6.09 Å². The standard InChI is InChI=1S/C12H22N2O2/c1-11(2,3)16-10(15)14-8-12-4-9(5-12)6-13-7-12/h9,13H,4-8H2,1-3H3,(H,14,15). The van der Waals surface area contributed by atoms with E-state index in [2.05, 4.69) is 10.6 Å². The number of amides is 1. The number of fused-ring (bicyclic) bond motifs is 2. The number of alkyl carbamates (subject to hydrolysis) is 1. The second-order valence-electron chi connectivity index (χ2n) is 6.26. The lowest BCUT2D eigenvalue weighted by molar-refractivity contribution is 0.00697. The Bertz CT molecular complexity index is 272. The second-order valence-corrected chi connectivity index (χ2v) is 6.26. The van der Waals surface area contributed by atoms with Crippen molar-refractivity contribution >= 4 is 6.09 Å². The van der Waals surface area contributed by atoms with Crippen molar-refractivity contribution in [2.24, 2.45) is 11.3 Å². The van der Waals surface area contributed by atoms with Crippen molar-refractivity contribution in [1.82, 2.24) is 10.6 Å². The van der Waals surface area contributed by atoms with Gasteiger partial charge in [0.2, 0.25) is 0 Å². The molecule has 4 heteroatoms. The quantitative estimate of drug-likeness (QED) is 0.750. The van der Waals surface area contributed by atoms with Gasteiger partial charge in [-0.3, -0.25) is 0 Å². The number of hydrogen-bond donors (Lipinski definition) is 2. The van der Waals surface area contributed by atoms with Gasteiger partial charge in [0.15, 0.2) is 0 Å². The zero-order valence-electron chi connectivity index (χ0n) is 10.4. The summed E-state index contributed by atoms with van der Waals surface area (Å²) in [4.78, 5) is 11.5. The Hall–Kier alpha value is -0.770. The summed E-state index contributed by atoms with van der Waals surface area (Å²) in [5.74, 6) is 0.828. The van der Waals surface area contributed by atoms with E-state index in [1.165, 1.54) is 12.8 Å². The molecule has 4 nitrogen and oxygen atoms in total. The van der Waals surface area contributed by atoms with Crippen molar-refractivity contribution in [3.63, 3.8) is 0 Å². The molecule has 2 saturated heterocycles. The Labute approximate surface area is 97.1 Å². The summed E-state index contributed by atoms with van der Waals surface area (Å²) >= 11 is 0. The van der Waals surface area contributed by atoms with Gasteiger partial charge >= 0.3 is 6.09 Å². The molecule has 2 N–H and O–H groups in total. The molecule has 0 aromatic rings. The van der Waals surface area contributed by atoms with Crippen LogP contribution in [0.3, 0.4) is 0 Å². The Morgan fingerprint density at radius 2 is 2.19 bits per heavy atom. The maximum Gasteiger partial charge on any atom is 0.407 e. The highest BCUT2D eigenvalue weighted by Gasteiger charge is 2.47. The molecule has 0 aromatic carbocycles. The molecule has 1 amide bonds. The number of piperidine rings is 2. The molecule has 16 heavy (non-hydrogen) atoms. The van der Waals surface area contributed by atoms with Crippen LogP contribution in [0.4, 0.5) is 4.79 Å². The summed E-state index contributed by atoms with van der Waals surface area (Å²) in [6, 6.07) is 0. The van der Waals surface area contributed by atoms with Crippen LogP contribution in [-0.4, -0.2) is 31.3 Å². The molecule has 3 rings (SSSR count). The number of ether oxygens (including phenoxy) is 1. The van der Waals surface area contributed by atoms with Crippen molar-refractivity contribution < 1.29 is 9.53 Å². The van der Waals surface area contributed by atoms with Crippen molar-refractivity contribution in [3.05, 3.63) is 0 Å². The molecule has 0 radical (unpaired) electrons. The Morgan fingerprint density at radius 3 is 2.69 bits per heavy atom. The summed E-state index contributed by atoms with van der Waals surface area (Å²) in [5.41, 5.74) is -0.103. The van der Waals surface area contributed by atoms with E-state index in [1.54, 1.807) is 0 Å². The SMILES string of the molecule is CC(C)(C)OC(=O)NCC12CNCC(C1)C2. The Morgan fingerprint density at radius 1 is 1.50 bits per heavy atom. The van der Waals surface area contributed by atoms with Crippen LogP contribution in [-0.2, 0) is 4.74 Å². The van der Waals surface area contributed by atoms with Crippen molar-refractivity contribution in [2.45, 2.75) is 39.2 Å². The molecule has 0 spiro atoms. The van der Waals surface area contributed by atoms with E-state index in [1.807, 2.05) is 20.8 Å². The maximum absolute atomic E-state index is 11.5. The van der Waals surface area contributed by atoms with Gasteiger partial charge in [-0.05, 0) is 46.1 Å². The molecule has 92 valence electrons. The van der Waals surface area contributed by atoms with Gasteiger partial charge in [-0.2, -0.15) is 0 Å². The predicted octanol–water partition coefficient (Wildman–Crippen LogP) is 1.51. The average molecular weight is 226 g/mol. The molecular weight excluding hydrogens is 204 g/mol. The molecule has 2 bridgehead atoms. The number of hydrogen-bond acceptors (Lipinski definition) is 3. The van der Waals surface area contributed by atoms with Crippen LogP contribution in [0.1, 0.15) is 33.6 Å². The zero-order valence-corrected chi connectivity index (χ0v) is 10.4. The fourth-order valence-corrected chi connectivity index (χ4v) is 2.78. The zero-order chi connectivity index (χ0) is 11.8. The third-order valence-corrected chi connectivity index (χ3v) is 3.38. The fraction of sp³-hybridized carbons (Fsp3) is 0.917. The van der Waals surface area contributed by atoms with E-state index in [9.17, 15) is 4.79 Å². The van der Waals surface area contributed by atoms with Gasteiger partial charge in [-0.1, -0.05) is 0 Å². The second kappa shape index (κ2) is 3.91. The monoisotopic (exact) mass is 226 g/mol. The minimum atomic E-state index is -0.408. The van der Waals surface area contributed by atoms with E-state index in [4.69, 9.17) is 4.74 Å². The molecule has 2 heterocycles. The summed E-state index contributed by atoms with van der Waals surface area (Å²) in [7, 11) is 0. The molecule has 3 aliphatic rings. The number of rotatable bonds is 2. The third kappa shape index (κ3) is 2.67. The topological polar surface area (TPSA) is 50.4 Å². The van der Waals surface area contributed by atoms with Crippen LogP contribution in [0.15, 0.2) is 0 Å². The lowest BCUT2D eigenvalue weighted by Crippen LogP contribution is -2.59. The van der Waals surface area contributed by atoms with Crippen LogP contribution >= 0.6 is 0 Å². The van der Waals surface area contributed by atoms with E-state index in [0.717, 1.165) is 25.6 Å². The summed E-state index contributed by atoms with van der Waals surface area (Å²) in [6.07, 6.45) is 2.20. The van der Waals surface area contributed by atoms with Crippen LogP contribution in [0, 0.1) is 11.3 Å². The van der Waals surface area contributed by atoms with Crippen LogP contribution in [0.5, 0.6) is 0 Å². The van der Waals surface area contributed by atoms with Crippen molar-refractivity contribution in [3.8, 4) is 0 Å². The van der Waals surface area contributed by atoms with E-state index >= 15 is 0 Å². The highest BCUT2D eigenvalue weighted by atomic mass is 16.6. The molecule has 0 unspecified atom stereocenters. The van der Waals surface area contributed by atoms with E-state index < -0.39 is 5.60 Å². The van der Waals surface area contributed by atoms with Crippen LogP contribution in [0.2, 0.25) is 0 Å². The van der Waals surface area contributed by atoms with Crippen molar-refractivity contribution in [2.75, 3.05) is 19.6 Å². The Balaban J connectivity index is 1.73. The highest BCUT2D eigenvalue weighted by molar-refractivity contribution is 5.67. The number of nitrogens with one attached hydrogen (secondary N) is 2. The summed E-state index contributed by atoms with van der Waals surface area (Å²) in [5, 5.41) is 6.29. The lowest BCUT2D eigenvalue weighted by atomic mass is 9.59. The molecule has 3 fully saturated rings. The normalized spacial score (nSPS) is 32.8. The average Bonchev–Trinajstić information content (AvgIpc) is 2.12. The van der Waals surface area contributed by atoms with Crippen LogP contribution < -0.4 is 10.6 Å². The molecule has 1 saturated carbocycles. The van der Waals surface area contributed by atoms with Gasteiger partial charge in [0, 0.05) is 18.5 Å². The summed E-state index contributed by atoms with van der Waals surface area (Å²) < 4.78 is 5.22. The molecular formula is C12H22N2O2. The highest BCUT2D eigenvalue weighted by Crippen LogP contribution is 2.47. The first-order valence-electron chi connectivity index (χ1n) is 6.06. The fourth-order valence-electron chi connectivity index (χ4n) is 2.78. The van der Waals surface area contributed by atoms with E-state index in [0.29, 0.717) is 5.41 Å². The first-order valence-corrected chi connectivity index (χ1v) is 6.06. The lowest BCUT2D eigenvalue weighted by Gasteiger charge is -2.52. The molecule has 0 atom stereocenters. The van der Waals surface area contributed by atoms with Gasteiger partial charge in [-0.15, -0.1) is 0 Å². The maximum atomic E-state index is 11.5. The largest absolute Gasteiger partial charge is 0.444 e. The van der Waals surface area contributed by atoms with Gasteiger partial charge in [0.1, 0.15) is 5.60 Å². The molecule has 1 aliphatic carbocycles. The van der Waals surface area contributed by atoms with Gasteiger partial charge < -0.3 is 15.4 Å². The number of carbonyl (C=O) groups excluding carboxylic acids is 1. The Kier molecular flexibility index (Phi) is 2.86. The molecule has 2 aliphatic heterocycles. The third-order valence-electron chi connectivity index (χ3n) is 3.38.